The summed E-state index contributed by atoms with van der Waals surface area (Å²) >= 11 is 0. The number of carbonyl (C=O) groups is 1. The molecule has 0 bridgehead atoms. The van der Waals surface area contributed by atoms with Gasteiger partial charge in [-0.1, -0.05) is 19.8 Å². The van der Waals surface area contributed by atoms with Gasteiger partial charge in [0.1, 0.15) is 11.9 Å². The summed E-state index contributed by atoms with van der Waals surface area (Å²) in [6.07, 6.45) is 5.94. The smallest absolute Gasteiger partial charge is 0.271 e. The number of amides is 1. The van der Waals surface area contributed by atoms with Crippen LogP contribution in [-0.4, -0.2) is 51.0 Å². The van der Waals surface area contributed by atoms with Crippen molar-refractivity contribution in [2.24, 2.45) is 0 Å². The van der Waals surface area contributed by atoms with Gasteiger partial charge in [-0.05, 0) is 36.6 Å². The van der Waals surface area contributed by atoms with Crippen LogP contribution in [-0.2, 0) is 5.41 Å². The first kappa shape index (κ1) is 22.8. The molecule has 3 heterocycles. The molecule has 1 atom stereocenters. The Kier molecular flexibility index (Phi) is 5.86. The molecule has 1 aromatic carbocycles. The summed E-state index contributed by atoms with van der Waals surface area (Å²) in [5, 5.41) is 33.4. The normalized spacial score (nSPS) is 19.1. The summed E-state index contributed by atoms with van der Waals surface area (Å²) in [5.74, 6) is 0.783. The van der Waals surface area contributed by atoms with Gasteiger partial charge in [0.15, 0.2) is 5.69 Å². The minimum absolute atomic E-state index is 0.0310. The first-order valence-electron chi connectivity index (χ1n) is 11.8. The maximum absolute atomic E-state index is 12.2. The van der Waals surface area contributed by atoms with Crippen molar-refractivity contribution in [3.05, 3.63) is 47.3 Å². The number of aliphatic hydroxyl groups excluding tert-OH is 1. The Morgan fingerprint density at radius 2 is 2.14 bits per heavy atom. The number of rotatable bonds is 6. The molecule has 35 heavy (non-hydrogen) atoms. The Balaban J connectivity index is 1.51. The molecule has 0 radical (unpaired) electrons. The highest BCUT2D eigenvalue weighted by atomic mass is 16.3. The van der Waals surface area contributed by atoms with Gasteiger partial charge in [0.2, 0.25) is 5.95 Å². The van der Waals surface area contributed by atoms with Crippen molar-refractivity contribution in [3.8, 4) is 17.3 Å². The third-order valence-electron chi connectivity index (χ3n) is 6.97. The molecule has 2 aliphatic rings. The van der Waals surface area contributed by atoms with Crippen molar-refractivity contribution in [2.75, 3.05) is 30.8 Å². The molecule has 0 saturated heterocycles. The molecular formula is C25H28N8O2. The fourth-order valence-corrected chi connectivity index (χ4v) is 4.91. The van der Waals surface area contributed by atoms with Gasteiger partial charge in [0.25, 0.3) is 5.91 Å². The summed E-state index contributed by atoms with van der Waals surface area (Å²) < 4.78 is 1.87. The predicted octanol–water partition coefficient (Wildman–Crippen LogP) is 3.11. The molecule has 1 fully saturated rings. The lowest BCUT2D eigenvalue weighted by atomic mass is 9.83. The van der Waals surface area contributed by atoms with Gasteiger partial charge in [0.05, 0.1) is 29.6 Å². The Bertz CT molecular complexity index is 1320. The first-order chi connectivity index (χ1) is 17.0. The van der Waals surface area contributed by atoms with Crippen molar-refractivity contribution in [3.63, 3.8) is 0 Å². The maximum atomic E-state index is 12.2. The lowest BCUT2D eigenvalue weighted by molar-refractivity contribution is 0.0957. The largest absolute Gasteiger partial charge is 0.395 e. The van der Waals surface area contributed by atoms with E-state index in [1.54, 1.807) is 31.4 Å². The van der Waals surface area contributed by atoms with Gasteiger partial charge in [-0.15, -0.1) is 0 Å². The fourth-order valence-electron chi connectivity index (χ4n) is 4.91. The molecule has 10 nitrogen and oxygen atoms in total. The van der Waals surface area contributed by atoms with Gasteiger partial charge < -0.3 is 21.1 Å². The number of carbonyl (C=O) groups excluding carboxylic acids is 1. The van der Waals surface area contributed by atoms with Crippen LogP contribution in [0.3, 0.4) is 0 Å². The molecule has 10 heteroatoms. The summed E-state index contributed by atoms with van der Waals surface area (Å²) in [6.45, 7) is 2.50. The minimum Gasteiger partial charge on any atom is -0.395 e. The highest BCUT2D eigenvalue weighted by Gasteiger charge is 2.36. The van der Waals surface area contributed by atoms with Gasteiger partial charge >= 0.3 is 0 Å². The van der Waals surface area contributed by atoms with E-state index in [1.165, 1.54) is 0 Å². The second-order valence-corrected chi connectivity index (χ2v) is 9.40. The van der Waals surface area contributed by atoms with Crippen LogP contribution in [0.25, 0.3) is 11.3 Å². The zero-order chi connectivity index (χ0) is 24.6. The van der Waals surface area contributed by atoms with Crippen LogP contribution in [0.1, 0.15) is 60.3 Å². The number of aliphatic hydroxyl groups is 1. The summed E-state index contributed by atoms with van der Waals surface area (Å²) in [7, 11) is 1.58. The van der Waals surface area contributed by atoms with Crippen LogP contribution in [0.15, 0.2) is 30.5 Å². The highest BCUT2D eigenvalue weighted by molar-refractivity contribution is 5.93. The average molecular weight is 473 g/mol. The molecule has 1 saturated carbocycles. The lowest BCUT2D eigenvalue weighted by Gasteiger charge is -2.21. The molecule has 1 amide bonds. The Morgan fingerprint density at radius 3 is 2.86 bits per heavy atom. The van der Waals surface area contributed by atoms with E-state index in [2.05, 4.69) is 32.1 Å². The topological polar surface area (TPSA) is 141 Å². The van der Waals surface area contributed by atoms with Crippen molar-refractivity contribution < 1.29 is 9.90 Å². The summed E-state index contributed by atoms with van der Waals surface area (Å²) in [5.41, 5.74) is 3.45. The number of aromatic nitrogens is 4. The van der Waals surface area contributed by atoms with E-state index in [0.29, 0.717) is 35.3 Å². The van der Waals surface area contributed by atoms with Crippen LogP contribution >= 0.6 is 0 Å². The number of nitrogens with one attached hydrogen (secondary N) is 3. The van der Waals surface area contributed by atoms with Crippen molar-refractivity contribution in [1.82, 2.24) is 25.1 Å². The Hall–Kier alpha value is -3.97. The van der Waals surface area contributed by atoms with Gasteiger partial charge in [0, 0.05) is 36.8 Å². The summed E-state index contributed by atoms with van der Waals surface area (Å²) in [6, 6.07) is 9.76. The molecule has 4 N–H and O–H groups in total. The van der Waals surface area contributed by atoms with E-state index in [9.17, 15) is 15.2 Å². The van der Waals surface area contributed by atoms with Crippen molar-refractivity contribution in [2.45, 2.75) is 44.1 Å². The van der Waals surface area contributed by atoms with Gasteiger partial charge in [-0.2, -0.15) is 10.4 Å². The number of anilines is 3. The van der Waals surface area contributed by atoms with E-state index in [-0.39, 0.29) is 18.6 Å². The quantitative estimate of drug-likeness (QED) is 0.429. The SMILES string of the molecule is CNC(=O)c1cc(Nc2nccc(-c3cc(C#N)c4c(c3)[C@@](C)(CO)CN4)n2)n(C2CCCC2)n1. The van der Waals surface area contributed by atoms with Crippen LogP contribution in [0.5, 0.6) is 0 Å². The number of nitrogens with zero attached hydrogens (tertiary/aromatic N) is 5. The maximum Gasteiger partial charge on any atom is 0.271 e. The van der Waals surface area contributed by atoms with E-state index in [1.807, 2.05) is 17.7 Å². The number of fused-ring (bicyclic) bond motifs is 1. The number of hydrogen-bond donors (Lipinski definition) is 4. The second-order valence-electron chi connectivity index (χ2n) is 9.40. The van der Waals surface area contributed by atoms with E-state index < -0.39 is 5.41 Å². The molecule has 0 spiro atoms. The van der Waals surface area contributed by atoms with E-state index in [0.717, 1.165) is 42.5 Å². The highest BCUT2D eigenvalue weighted by Crippen LogP contribution is 2.41. The number of nitriles is 1. The Morgan fingerprint density at radius 1 is 1.34 bits per heavy atom. The average Bonchev–Trinajstić information content (AvgIpc) is 3.63. The zero-order valence-electron chi connectivity index (χ0n) is 19.8. The van der Waals surface area contributed by atoms with Crippen LogP contribution < -0.4 is 16.0 Å². The number of benzene rings is 1. The molecule has 1 aliphatic heterocycles. The van der Waals surface area contributed by atoms with Gasteiger partial charge in [-0.3, -0.25) is 4.79 Å². The monoisotopic (exact) mass is 472 g/mol. The van der Waals surface area contributed by atoms with E-state index in [4.69, 9.17) is 4.98 Å². The predicted molar refractivity (Wildman–Crippen MR) is 132 cm³/mol. The molecule has 0 unspecified atom stereocenters. The molecular weight excluding hydrogens is 444 g/mol. The molecule has 5 rings (SSSR count). The molecule has 3 aromatic rings. The van der Waals surface area contributed by atoms with Crippen LogP contribution in [0, 0.1) is 11.3 Å². The molecule has 180 valence electrons. The standard InChI is InChI=1S/C25H28N8O2/c1-25(14-34)13-29-22-16(12-26)9-15(10-18(22)25)19-7-8-28-24(30-19)31-21-11-20(23(35)27-2)32-33(21)17-5-3-4-6-17/h7-11,17,29,34H,3-6,13-14H2,1-2H3,(H,27,35)(H,28,30,31)/t25-/m1/s1. The number of hydrogen-bond acceptors (Lipinski definition) is 8. The molecule has 1 aliphatic carbocycles. The van der Waals surface area contributed by atoms with Gasteiger partial charge in [-0.25, -0.2) is 14.6 Å². The first-order valence-corrected chi connectivity index (χ1v) is 11.8. The fraction of sp³-hybridized carbons (Fsp3) is 0.400. The third-order valence-corrected chi connectivity index (χ3v) is 6.97. The third kappa shape index (κ3) is 4.08. The van der Waals surface area contributed by atoms with Crippen molar-refractivity contribution >= 4 is 23.4 Å². The second kappa shape index (κ2) is 9.00. The zero-order valence-corrected chi connectivity index (χ0v) is 19.8. The van der Waals surface area contributed by atoms with Crippen LogP contribution in [0.2, 0.25) is 0 Å². The summed E-state index contributed by atoms with van der Waals surface area (Å²) in [4.78, 5) is 21.3. The minimum atomic E-state index is -0.477. The van der Waals surface area contributed by atoms with E-state index >= 15 is 0 Å². The lowest BCUT2D eigenvalue weighted by Crippen LogP contribution is -2.28. The molecule has 2 aromatic heterocycles. The van der Waals surface area contributed by atoms with Crippen molar-refractivity contribution in [1.29, 1.82) is 5.26 Å². The Labute approximate surface area is 203 Å². The van der Waals surface area contributed by atoms with Crippen LogP contribution in [0.4, 0.5) is 17.5 Å².